The van der Waals surface area contributed by atoms with E-state index in [2.05, 4.69) is 21.2 Å². The van der Waals surface area contributed by atoms with E-state index in [1.54, 1.807) is 19.1 Å². The fourth-order valence-electron chi connectivity index (χ4n) is 2.99. The van der Waals surface area contributed by atoms with Crippen molar-refractivity contribution in [3.05, 3.63) is 63.6 Å². The average Bonchev–Trinajstić information content (AvgIpc) is 2.74. The molecule has 2 rings (SSSR count). The summed E-state index contributed by atoms with van der Waals surface area (Å²) in [4.78, 5) is 27.4. The monoisotopic (exact) mass is 543 g/mol. The van der Waals surface area contributed by atoms with Gasteiger partial charge in [0, 0.05) is 22.6 Å². The molecule has 2 amide bonds. The van der Waals surface area contributed by atoms with Crippen LogP contribution in [0.1, 0.15) is 25.8 Å². The second-order valence-corrected chi connectivity index (χ2v) is 10.6. The van der Waals surface area contributed by atoms with Crippen LogP contribution in [0.2, 0.25) is 5.02 Å². The number of anilines is 1. The van der Waals surface area contributed by atoms with E-state index in [1.165, 1.54) is 17.0 Å². The van der Waals surface area contributed by atoms with Crippen LogP contribution >= 0.6 is 27.5 Å². The van der Waals surface area contributed by atoms with Crippen LogP contribution in [0.5, 0.6) is 0 Å². The molecular formula is C22H27BrClN3O4S. The maximum Gasteiger partial charge on any atom is 0.244 e. The Bertz CT molecular complexity index is 1030. The molecule has 1 N–H and O–H groups in total. The normalized spacial score (nSPS) is 12.2. The van der Waals surface area contributed by atoms with E-state index in [0.29, 0.717) is 17.3 Å². The van der Waals surface area contributed by atoms with Crippen LogP contribution in [-0.2, 0) is 26.2 Å². The SMILES string of the molecule is CCCNC(=O)[C@H](C)N(Cc1ccc(Br)cc1)C(=O)CN(c1ccc(Cl)cc1)S(C)(=O)=O. The highest BCUT2D eigenvalue weighted by molar-refractivity contribution is 9.10. The third-order valence-corrected chi connectivity index (χ3v) is 6.70. The van der Waals surface area contributed by atoms with Crippen LogP contribution in [0.15, 0.2) is 53.0 Å². The minimum absolute atomic E-state index is 0.158. The molecule has 7 nitrogen and oxygen atoms in total. The molecule has 174 valence electrons. The highest BCUT2D eigenvalue weighted by Crippen LogP contribution is 2.21. The van der Waals surface area contributed by atoms with Gasteiger partial charge in [-0.05, 0) is 55.3 Å². The Labute approximate surface area is 202 Å². The number of nitrogens with one attached hydrogen (secondary N) is 1. The third-order valence-electron chi connectivity index (χ3n) is 4.78. The lowest BCUT2D eigenvalue weighted by molar-refractivity contribution is -0.139. The van der Waals surface area contributed by atoms with Gasteiger partial charge >= 0.3 is 0 Å². The van der Waals surface area contributed by atoms with E-state index >= 15 is 0 Å². The van der Waals surface area contributed by atoms with E-state index in [9.17, 15) is 18.0 Å². The number of halogens is 2. The van der Waals surface area contributed by atoms with Crippen molar-refractivity contribution in [3.8, 4) is 0 Å². The van der Waals surface area contributed by atoms with Gasteiger partial charge in [0.1, 0.15) is 12.6 Å². The number of rotatable bonds is 10. The highest BCUT2D eigenvalue weighted by Gasteiger charge is 2.29. The summed E-state index contributed by atoms with van der Waals surface area (Å²) in [6, 6.07) is 12.8. The minimum Gasteiger partial charge on any atom is -0.354 e. The number of carbonyl (C=O) groups is 2. The second-order valence-electron chi connectivity index (χ2n) is 7.36. The Morgan fingerprint density at radius 3 is 2.22 bits per heavy atom. The molecule has 0 radical (unpaired) electrons. The summed E-state index contributed by atoms with van der Waals surface area (Å²) in [6.45, 7) is 3.78. The molecule has 0 spiro atoms. The van der Waals surface area contributed by atoms with Gasteiger partial charge in [0.05, 0.1) is 11.9 Å². The fourth-order valence-corrected chi connectivity index (χ4v) is 4.23. The zero-order valence-corrected chi connectivity index (χ0v) is 21.4. The molecule has 1 atom stereocenters. The molecular weight excluding hydrogens is 518 g/mol. The van der Waals surface area contributed by atoms with Gasteiger partial charge in [-0.3, -0.25) is 13.9 Å². The molecule has 0 aromatic heterocycles. The summed E-state index contributed by atoms with van der Waals surface area (Å²) in [5, 5.41) is 3.25. The summed E-state index contributed by atoms with van der Waals surface area (Å²) in [6.07, 6.45) is 1.79. The Morgan fingerprint density at radius 1 is 1.09 bits per heavy atom. The molecule has 0 fully saturated rings. The standard InChI is InChI=1S/C22H27BrClN3O4S/c1-4-13-25-22(29)16(2)26(14-17-5-7-18(23)8-6-17)21(28)15-27(32(3,30)31)20-11-9-19(24)10-12-20/h5-12,16H,4,13-15H2,1-3H3,(H,25,29)/t16-/m0/s1. The molecule has 2 aromatic rings. The molecule has 32 heavy (non-hydrogen) atoms. The Balaban J connectivity index is 2.34. The third kappa shape index (κ3) is 7.50. The smallest absolute Gasteiger partial charge is 0.244 e. The molecule has 0 aliphatic heterocycles. The Kier molecular flexibility index (Phi) is 9.54. The summed E-state index contributed by atoms with van der Waals surface area (Å²) >= 11 is 9.29. The Hall–Kier alpha value is -2.10. The quantitative estimate of drug-likeness (QED) is 0.493. The van der Waals surface area contributed by atoms with Crippen LogP contribution < -0.4 is 9.62 Å². The van der Waals surface area contributed by atoms with Crippen molar-refractivity contribution in [3.63, 3.8) is 0 Å². The average molecular weight is 545 g/mol. The van der Waals surface area contributed by atoms with Gasteiger partial charge < -0.3 is 10.2 Å². The largest absolute Gasteiger partial charge is 0.354 e. The first-order valence-corrected chi connectivity index (χ1v) is 13.1. The van der Waals surface area contributed by atoms with Gasteiger partial charge in [-0.15, -0.1) is 0 Å². The Morgan fingerprint density at radius 2 is 1.69 bits per heavy atom. The van der Waals surface area contributed by atoms with Gasteiger partial charge in [0.25, 0.3) is 0 Å². The first-order chi connectivity index (χ1) is 15.0. The molecule has 0 saturated heterocycles. The van der Waals surface area contributed by atoms with Gasteiger partial charge in [0.15, 0.2) is 0 Å². The fraction of sp³-hybridized carbons (Fsp3) is 0.364. The van der Waals surface area contributed by atoms with Crippen LogP contribution in [0.25, 0.3) is 0 Å². The van der Waals surface area contributed by atoms with Crippen molar-refractivity contribution in [2.45, 2.75) is 32.9 Å². The second kappa shape index (κ2) is 11.7. The number of carbonyl (C=O) groups excluding carboxylic acids is 2. The van der Waals surface area contributed by atoms with Crippen LogP contribution in [0.3, 0.4) is 0 Å². The van der Waals surface area contributed by atoms with E-state index in [0.717, 1.165) is 27.0 Å². The number of sulfonamides is 1. The number of hydrogen-bond donors (Lipinski definition) is 1. The number of hydrogen-bond acceptors (Lipinski definition) is 4. The van der Waals surface area contributed by atoms with Gasteiger partial charge in [-0.25, -0.2) is 8.42 Å². The van der Waals surface area contributed by atoms with Gasteiger partial charge in [-0.1, -0.05) is 46.6 Å². The predicted molar refractivity (Wildman–Crippen MR) is 131 cm³/mol. The lowest BCUT2D eigenvalue weighted by Gasteiger charge is -2.31. The molecule has 2 aromatic carbocycles. The highest BCUT2D eigenvalue weighted by atomic mass is 79.9. The van der Waals surface area contributed by atoms with E-state index in [4.69, 9.17) is 11.6 Å². The number of benzene rings is 2. The van der Waals surface area contributed by atoms with Crippen molar-refractivity contribution in [1.82, 2.24) is 10.2 Å². The number of nitrogens with zero attached hydrogens (tertiary/aromatic N) is 2. The van der Waals surface area contributed by atoms with Gasteiger partial charge in [-0.2, -0.15) is 0 Å². The van der Waals surface area contributed by atoms with Crippen molar-refractivity contribution in [2.24, 2.45) is 0 Å². The molecule has 10 heteroatoms. The van der Waals surface area contributed by atoms with Crippen LogP contribution in [0.4, 0.5) is 5.69 Å². The first kappa shape index (κ1) is 26.2. The van der Waals surface area contributed by atoms with Crippen LogP contribution in [-0.4, -0.2) is 50.5 Å². The topological polar surface area (TPSA) is 86.8 Å². The lowest BCUT2D eigenvalue weighted by Crippen LogP contribution is -2.51. The van der Waals surface area contributed by atoms with E-state index < -0.39 is 28.5 Å². The summed E-state index contributed by atoms with van der Waals surface area (Å²) in [7, 11) is -3.76. The molecule has 0 heterocycles. The van der Waals surface area contributed by atoms with E-state index in [-0.39, 0.29) is 12.5 Å². The maximum atomic E-state index is 13.3. The van der Waals surface area contributed by atoms with Crippen molar-refractivity contribution in [2.75, 3.05) is 23.7 Å². The minimum atomic E-state index is -3.76. The summed E-state index contributed by atoms with van der Waals surface area (Å²) in [5.74, 6) is -0.790. The van der Waals surface area contributed by atoms with Crippen LogP contribution in [0, 0.1) is 0 Å². The molecule has 0 aliphatic rings. The molecule has 0 bridgehead atoms. The van der Waals surface area contributed by atoms with Gasteiger partial charge in [0.2, 0.25) is 21.8 Å². The zero-order chi connectivity index (χ0) is 23.9. The molecule has 0 aliphatic carbocycles. The summed E-state index contributed by atoms with van der Waals surface area (Å²) in [5.41, 5.74) is 1.13. The summed E-state index contributed by atoms with van der Waals surface area (Å²) < 4.78 is 26.8. The first-order valence-electron chi connectivity index (χ1n) is 10.1. The maximum absolute atomic E-state index is 13.3. The predicted octanol–water partition coefficient (Wildman–Crippen LogP) is 3.81. The van der Waals surface area contributed by atoms with Crippen molar-refractivity contribution < 1.29 is 18.0 Å². The van der Waals surface area contributed by atoms with E-state index in [1.807, 2.05) is 31.2 Å². The molecule has 0 saturated carbocycles. The van der Waals surface area contributed by atoms with Crippen molar-refractivity contribution >= 4 is 55.1 Å². The lowest BCUT2D eigenvalue weighted by atomic mass is 10.1. The molecule has 0 unspecified atom stereocenters. The zero-order valence-electron chi connectivity index (χ0n) is 18.2. The van der Waals surface area contributed by atoms with Crippen molar-refractivity contribution in [1.29, 1.82) is 0 Å². The number of amides is 2.